The Morgan fingerprint density at radius 3 is 3.00 bits per heavy atom. The number of ether oxygens (including phenoxy) is 2. The molecule has 1 amide bonds. The molecule has 1 unspecified atom stereocenters. The lowest BCUT2D eigenvalue weighted by molar-refractivity contribution is -0.119. The van der Waals surface area contributed by atoms with Crippen molar-refractivity contribution in [2.45, 2.75) is 19.1 Å². The Labute approximate surface area is 115 Å². The lowest BCUT2D eigenvalue weighted by atomic mass is 10.2. The van der Waals surface area contributed by atoms with E-state index in [1.54, 1.807) is 12.1 Å². The minimum atomic E-state index is -2.93. The molecule has 1 fully saturated rings. The van der Waals surface area contributed by atoms with Crippen LogP contribution in [0.25, 0.3) is 0 Å². The van der Waals surface area contributed by atoms with Gasteiger partial charge in [0, 0.05) is 13.1 Å². The van der Waals surface area contributed by atoms with Crippen LogP contribution < -0.4 is 15.4 Å². The second-order valence-corrected chi connectivity index (χ2v) is 4.32. The van der Waals surface area contributed by atoms with Gasteiger partial charge in [0.25, 0.3) is 0 Å². The second kappa shape index (κ2) is 7.16. The highest BCUT2D eigenvalue weighted by molar-refractivity contribution is 5.92. The van der Waals surface area contributed by atoms with Crippen LogP contribution in [-0.4, -0.2) is 38.3 Å². The van der Waals surface area contributed by atoms with E-state index in [4.69, 9.17) is 4.74 Å². The minimum Gasteiger partial charge on any atom is -0.433 e. The van der Waals surface area contributed by atoms with E-state index in [1.807, 2.05) is 0 Å². The summed E-state index contributed by atoms with van der Waals surface area (Å²) in [6.07, 6.45) is -0.0392. The van der Waals surface area contributed by atoms with Gasteiger partial charge in [-0.25, -0.2) is 0 Å². The molecule has 1 heterocycles. The molecule has 1 aliphatic heterocycles. The van der Waals surface area contributed by atoms with E-state index in [2.05, 4.69) is 15.4 Å². The molecular weight excluding hydrogens is 270 g/mol. The smallest absolute Gasteiger partial charge is 0.387 e. The summed E-state index contributed by atoms with van der Waals surface area (Å²) in [7, 11) is 0. The van der Waals surface area contributed by atoms with Crippen molar-refractivity contribution in [1.29, 1.82) is 0 Å². The molecule has 1 aromatic carbocycles. The summed E-state index contributed by atoms with van der Waals surface area (Å²) in [4.78, 5) is 11.9. The Morgan fingerprint density at radius 1 is 1.50 bits per heavy atom. The molecule has 0 bridgehead atoms. The summed E-state index contributed by atoms with van der Waals surface area (Å²) >= 11 is 0. The van der Waals surface area contributed by atoms with Crippen molar-refractivity contribution in [2.75, 3.05) is 25.0 Å². The number of rotatable bonds is 5. The average molecular weight is 286 g/mol. The van der Waals surface area contributed by atoms with Crippen LogP contribution in [0, 0.1) is 0 Å². The Hall–Kier alpha value is -1.73. The largest absolute Gasteiger partial charge is 0.433 e. The first-order valence-electron chi connectivity index (χ1n) is 6.31. The number of morpholine rings is 1. The zero-order chi connectivity index (χ0) is 14.4. The second-order valence-electron chi connectivity index (χ2n) is 4.32. The first-order chi connectivity index (χ1) is 9.65. The quantitative estimate of drug-likeness (QED) is 0.863. The van der Waals surface area contributed by atoms with E-state index in [9.17, 15) is 13.6 Å². The first kappa shape index (κ1) is 14.7. The van der Waals surface area contributed by atoms with Crippen LogP contribution in [0.15, 0.2) is 24.3 Å². The van der Waals surface area contributed by atoms with Gasteiger partial charge in [0.1, 0.15) is 5.75 Å². The molecule has 1 atom stereocenters. The zero-order valence-electron chi connectivity index (χ0n) is 10.8. The van der Waals surface area contributed by atoms with Gasteiger partial charge in [0.15, 0.2) is 0 Å². The molecule has 0 spiro atoms. The minimum absolute atomic E-state index is 0.0569. The number of carbonyl (C=O) groups excluding carboxylic acids is 1. The zero-order valence-corrected chi connectivity index (χ0v) is 10.8. The maximum atomic E-state index is 12.2. The van der Waals surface area contributed by atoms with Crippen molar-refractivity contribution >= 4 is 11.6 Å². The van der Waals surface area contributed by atoms with Gasteiger partial charge >= 0.3 is 6.61 Å². The molecule has 1 aliphatic rings. The number of anilines is 1. The summed E-state index contributed by atoms with van der Waals surface area (Å²) in [5, 5.41) is 5.67. The molecule has 1 aromatic rings. The summed E-state index contributed by atoms with van der Waals surface area (Å²) in [6, 6.07) is 6.07. The van der Waals surface area contributed by atoms with E-state index < -0.39 is 6.61 Å². The summed E-state index contributed by atoms with van der Waals surface area (Å²) in [6.45, 7) is -1.01. The van der Waals surface area contributed by atoms with Crippen LogP contribution >= 0.6 is 0 Å². The molecule has 20 heavy (non-hydrogen) atoms. The Balaban J connectivity index is 1.93. The number of nitrogens with one attached hydrogen (secondary N) is 2. The normalized spacial score (nSPS) is 18.9. The lowest BCUT2D eigenvalue weighted by Gasteiger charge is -2.23. The Morgan fingerprint density at radius 2 is 2.30 bits per heavy atom. The first-order valence-corrected chi connectivity index (χ1v) is 6.31. The van der Waals surface area contributed by atoms with Crippen molar-refractivity contribution in [3.63, 3.8) is 0 Å². The van der Waals surface area contributed by atoms with Gasteiger partial charge < -0.3 is 20.1 Å². The predicted octanol–water partition coefficient (Wildman–Crippen LogP) is 1.60. The SMILES string of the molecule is O=C(CC1CNCCO1)Nc1ccccc1OC(F)F. The fraction of sp³-hybridized carbons (Fsp3) is 0.462. The fourth-order valence-corrected chi connectivity index (χ4v) is 1.93. The number of amides is 1. The van der Waals surface area contributed by atoms with Crippen molar-refractivity contribution < 1.29 is 23.0 Å². The average Bonchev–Trinajstić information content (AvgIpc) is 2.41. The third kappa shape index (κ3) is 4.43. The van der Waals surface area contributed by atoms with Crippen LogP contribution in [0.4, 0.5) is 14.5 Å². The topological polar surface area (TPSA) is 59.6 Å². The van der Waals surface area contributed by atoms with E-state index in [1.165, 1.54) is 12.1 Å². The van der Waals surface area contributed by atoms with Gasteiger partial charge in [0.05, 0.1) is 24.8 Å². The fourth-order valence-electron chi connectivity index (χ4n) is 1.93. The number of para-hydroxylation sites is 2. The molecule has 0 radical (unpaired) electrons. The van der Waals surface area contributed by atoms with Crippen molar-refractivity contribution in [2.24, 2.45) is 0 Å². The monoisotopic (exact) mass is 286 g/mol. The van der Waals surface area contributed by atoms with Crippen molar-refractivity contribution in [3.8, 4) is 5.75 Å². The molecule has 0 aliphatic carbocycles. The van der Waals surface area contributed by atoms with Crippen LogP contribution in [0.3, 0.4) is 0 Å². The maximum absolute atomic E-state index is 12.2. The number of halogens is 2. The highest BCUT2D eigenvalue weighted by Crippen LogP contribution is 2.25. The summed E-state index contributed by atoms with van der Waals surface area (Å²) in [5.41, 5.74) is 0.224. The third-order valence-electron chi connectivity index (χ3n) is 2.79. The number of hydrogen-bond donors (Lipinski definition) is 2. The van der Waals surface area contributed by atoms with E-state index in [0.29, 0.717) is 13.2 Å². The third-order valence-corrected chi connectivity index (χ3v) is 2.79. The van der Waals surface area contributed by atoms with E-state index in [0.717, 1.165) is 6.54 Å². The molecule has 2 rings (SSSR count). The van der Waals surface area contributed by atoms with E-state index in [-0.39, 0.29) is 29.9 Å². The van der Waals surface area contributed by atoms with Gasteiger partial charge in [-0.2, -0.15) is 8.78 Å². The van der Waals surface area contributed by atoms with Gasteiger partial charge in [-0.15, -0.1) is 0 Å². The molecule has 0 saturated carbocycles. The molecule has 2 N–H and O–H groups in total. The molecular formula is C13H16F2N2O3. The molecule has 1 saturated heterocycles. The highest BCUT2D eigenvalue weighted by atomic mass is 19.3. The standard InChI is InChI=1S/C13H16F2N2O3/c14-13(15)20-11-4-2-1-3-10(11)17-12(18)7-9-8-16-5-6-19-9/h1-4,9,13,16H,5-8H2,(H,17,18). The molecule has 0 aromatic heterocycles. The number of hydrogen-bond acceptors (Lipinski definition) is 4. The van der Waals surface area contributed by atoms with Crippen LogP contribution in [-0.2, 0) is 9.53 Å². The summed E-state index contributed by atoms with van der Waals surface area (Å²) in [5.74, 6) is -0.359. The van der Waals surface area contributed by atoms with Gasteiger partial charge in [-0.05, 0) is 12.1 Å². The number of carbonyl (C=O) groups is 1. The Bertz CT molecular complexity index is 451. The van der Waals surface area contributed by atoms with Crippen LogP contribution in [0.1, 0.15) is 6.42 Å². The molecule has 110 valence electrons. The van der Waals surface area contributed by atoms with Crippen LogP contribution in [0.2, 0.25) is 0 Å². The van der Waals surface area contributed by atoms with Crippen molar-refractivity contribution in [1.82, 2.24) is 5.32 Å². The summed E-state index contributed by atoms with van der Waals surface area (Å²) < 4.78 is 34.2. The molecule has 7 heteroatoms. The number of benzene rings is 1. The molecule has 5 nitrogen and oxygen atoms in total. The van der Waals surface area contributed by atoms with E-state index >= 15 is 0 Å². The maximum Gasteiger partial charge on any atom is 0.387 e. The highest BCUT2D eigenvalue weighted by Gasteiger charge is 2.18. The van der Waals surface area contributed by atoms with Crippen LogP contribution in [0.5, 0.6) is 5.75 Å². The Kier molecular flexibility index (Phi) is 5.25. The van der Waals surface area contributed by atoms with Gasteiger partial charge in [-0.3, -0.25) is 4.79 Å². The van der Waals surface area contributed by atoms with Crippen molar-refractivity contribution in [3.05, 3.63) is 24.3 Å². The van der Waals surface area contributed by atoms with Gasteiger partial charge in [-0.1, -0.05) is 12.1 Å². The predicted molar refractivity (Wildman–Crippen MR) is 68.9 cm³/mol. The number of alkyl halides is 2. The lowest BCUT2D eigenvalue weighted by Crippen LogP contribution is -2.40. The van der Waals surface area contributed by atoms with Gasteiger partial charge in [0.2, 0.25) is 5.91 Å².